The predicted octanol–water partition coefficient (Wildman–Crippen LogP) is 3.58. The highest BCUT2D eigenvalue weighted by Crippen LogP contribution is 2.33. The van der Waals surface area contributed by atoms with E-state index >= 15 is 0 Å². The van der Waals surface area contributed by atoms with E-state index in [9.17, 15) is 13.2 Å². The van der Waals surface area contributed by atoms with E-state index in [0.717, 1.165) is 4.90 Å². The van der Waals surface area contributed by atoms with Crippen molar-refractivity contribution in [2.24, 2.45) is 0 Å². The quantitative estimate of drug-likeness (QED) is 0.868. The van der Waals surface area contributed by atoms with Crippen molar-refractivity contribution in [3.8, 4) is 0 Å². The maximum Gasteiger partial charge on any atom is 0.261 e. The number of carbonyl (C=O) groups is 1. The zero-order valence-electron chi connectivity index (χ0n) is 11.9. The minimum atomic E-state index is -3.76. The number of nitrogens with one attached hydrogen (secondary N) is 2. The normalized spacial score (nSPS) is 14.6. The molecule has 0 aliphatic carbocycles. The molecule has 23 heavy (non-hydrogen) atoms. The van der Waals surface area contributed by atoms with Gasteiger partial charge >= 0.3 is 0 Å². The molecule has 0 bridgehead atoms. The molecule has 120 valence electrons. The third-order valence-corrected chi connectivity index (χ3v) is 5.89. The standard InChI is InChI=1S/C15H13ClN2O3S2/c16-10-2-1-3-11(8-10)18-23(20,21)12-4-5-14-13(9-12)17-15(19)6-7-22-14/h1-5,8-9,18H,6-7H2,(H,17,19). The topological polar surface area (TPSA) is 75.3 Å². The Balaban J connectivity index is 1.93. The maximum atomic E-state index is 12.5. The molecule has 0 atom stereocenters. The highest BCUT2D eigenvalue weighted by Gasteiger charge is 2.19. The van der Waals surface area contributed by atoms with Crippen LogP contribution in [0.3, 0.4) is 0 Å². The highest BCUT2D eigenvalue weighted by molar-refractivity contribution is 7.99. The Labute approximate surface area is 143 Å². The molecular formula is C15H13ClN2O3S2. The third-order valence-electron chi connectivity index (χ3n) is 3.20. The predicted molar refractivity (Wildman–Crippen MR) is 92.7 cm³/mol. The Morgan fingerprint density at radius 3 is 2.78 bits per heavy atom. The van der Waals surface area contributed by atoms with E-state index in [0.29, 0.717) is 28.6 Å². The van der Waals surface area contributed by atoms with Crippen LogP contribution >= 0.6 is 23.4 Å². The van der Waals surface area contributed by atoms with Crippen LogP contribution in [0.2, 0.25) is 5.02 Å². The van der Waals surface area contributed by atoms with Gasteiger partial charge < -0.3 is 5.32 Å². The Morgan fingerprint density at radius 1 is 1.17 bits per heavy atom. The molecule has 5 nitrogen and oxygen atoms in total. The van der Waals surface area contributed by atoms with Crippen LogP contribution in [0.5, 0.6) is 0 Å². The second kappa shape index (κ2) is 6.43. The van der Waals surface area contributed by atoms with Crippen molar-refractivity contribution in [1.82, 2.24) is 0 Å². The Hall–Kier alpha value is -1.70. The smallest absolute Gasteiger partial charge is 0.261 e. The molecule has 0 radical (unpaired) electrons. The number of amides is 1. The molecule has 1 heterocycles. The van der Waals surface area contributed by atoms with Crippen LogP contribution in [0, 0.1) is 0 Å². The van der Waals surface area contributed by atoms with Crippen molar-refractivity contribution < 1.29 is 13.2 Å². The minimum Gasteiger partial charge on any atom is -0.325 e. The minimum absolute atomic E-state index is 0.0824. The number of rotatable bonds is 3. The SMILES string of the molecule is O=C1CCSc2ccc(S(=O)(=O)Nc3cccc(Cl)c3)cc2N1. The number of carbonyl (C=O) groups excluding carboxylic acids is 1. The van der Waals surface area contributed by atoms with Gasteiger partial charge in [-0.3, -0.25) is 9.52 Å². The van der Waals surface area contributed by atoms with E-state index in [1.807, 2.05) is 0 Å². The summed E-state index contributed by atoms with van der Waals surface area (Å²) in [6, 6.07) is 11.2. The first-order valence-corrected chi connectivity index (χ1v) is 9.64. The number of fused-ring (bicyclic) bond motifs is 1. The molecule has 0 saturated carbocycles. The molecule has 0 unspecified atom stereocenters. The fraction of sp³-hybridized carbons (Fsp3) is 0.133. The van der Waals surface area contributed by atoms with E-state index in [2.05, 4.69) is 10.0 Å². The summed E-state index contributed by atoms with van der Waals surface area (Å²) in [5, 5.41) is 3.18. The molecule has 0 spiro atoms. The van der Waals surface area contributed by atoms with E-state index in [-0.39, 0.29) is 10.8 Å². The van der Waals surface area contributed by atoms with Crippen molar-refractivity contribution in [3.63, 3.8) is 0 Å². The highest BCUT2D eigenvalue weighted by atomic mass is 35.5. The number of sulfonamides is 1. The number of hydrogen-bond acceptors (Lipinski definition) is 4. The average molecular weight is 369 g/mol. The second-order valence-corrected chi connectivity index (χ2v) is 8.18. The summed E-state index contributed by atoms with van der Waals surface area (Å²) in [5.74, 6) is 0.555. The average Bonchev–Trinajstić information content (AvgIpc) is 2.66. The molecular weight excluding hydrogens is 356 g/mol. The first kappa shape index (κ1) is 16.2. The van der Waals surface area contributed by atoms with E-state index < -0.39 is 10.0 Å². The van der Waals surface area contributed by atoms with Crippen LogP contribution in [0.1, 0.15) is 6.42 Å². The van der Waals surface area contributed by atoms with Gasteiger partial charge in [-0.1, -0.05) is 17.7 Å². The van der Waals surface area contributed by atoms with Gasteiger partial charge in [-0.15, -0.1) is 11.8 Å². The molecule has 0 saturated heterocycles. The molecule has 0 fully saturated rings. The maximum absolute atomic E-state index is 12.5. The Morgan fingerprint density at radius 2 is 2.00 bits per heavy atom. The molecule has 8 heteroatoms. The van der Waals surface area contributed by atoms with Crippen LogP contribution in [0.25, 0.3) is 0 Å². The second-order valence-electron chi connectivity index (χ2n) is 4.92. The Bertz CT molecular complexity index is 869. The molecule has 3 rings (SSSR count). The van der Waals surface area contributed by atoms with Gasteiger partial charge in [-0.25, -0.2) is 8.42 Å². The summed E-state index contributed by atoms with van der Waals surface area (Å²) in [4.78, 5) is 12.6. The molecule has 2 aromatic carbocycles. The van der Waals surface area contributed by atoms with E-state index in [1.54, 1.807) is 24.3 Å². The summed E-state index contributed by atoms with van der Waals surface area (Å²) < 4.78 is 27.5. The fourth-order valence-electron chi connectivity index (χ4n) is 2.13. The summed E-state index contributed by atoms with van der Waals surface area (Å²) in [6.45, 7) is 0. The lowest BCUT2D eigenvalue weighted by molar-refractivity contribution is -0.115. The summed E-state index contributed by atoms with van der Waals surface area (Å²) in [7, 11) is -3.76. The molecule has 1 aliphatic rings. The van der Waals surface area contributed by atoms with Crippen LogP contribution in [0.4, 0.5) is 11.4 Å². The van der Waals surface area contributed by atoms with Gasteiger partial charge in [0.2, 0.25) is 5.91 Å². The van der Waals surface area contributed by atoms with Gasteiger partial charge in [0.15, 0.2) is 0 Å². The monoisotopic (exact) mass is 368 g/mol. The lowest BCUT2D eigenvalue weighted by Crippen LogP contribution is -2.14. The summed E-state index contributed by atoms with van der Waals surface area (Å²) >= 11 is 7.39. The van der Waals surface area contributed by atoms with Gasteiger partial charge in [0.05, 0.1) is 16.3 Å². The van der Waals surface area contributed by atoms with Crippen LogP contribution in [0.15, 0.2) is 52.3 Å². The molecule has 0 aromatic heterocycles. The van der Waals surface area contributed by atoms with Gasteiger partial charge in [-0.05, 0) is 36.4 Å². The van der Waals surface area contributed by atoms with Gasteiger partial charge in [-0.2, -0.15) is 0 Å². The van der Waals surface area contributed by atoms with Crippen molar-refractivity contribution >= 4 is 50.7 Å². The zero-order valence-corrected chi connectivity index (χ0v) is 14.3. The molecule has 1 aliphatic heterocycles. The molecule has 1 amide bonds. The number of anilines is 2. The lowest BCUT2D eigenvalue weighted by Gasteiger charge is -2.11. The summed E-state index contributed by atoms with van der Waals surface area (Å²) in [6.07, 6.45) is 0.405. The van der Waals surface area contributed by atoms with E-state index in [1.165, 1.54) is 30.0 Å². The van der Waals surface area contributed by atoms with Crippen molar-refractivity contribution in [2.45, 2.75) is 16.2 Å². The third kappa shape index (κ3) is 3.80. The lowest BCUT2D eigenvalue weighted by atomic mass is 10.3. The van der Waals surface area contributed by atoms with Crippen molar-refractivity contribution in [1.29, 1.82) is 0 Å². The molecule has 2 N–H and O–H groups in total. The fourth-order valence-corrected chi connectivity index (χ4v) is 4.33. The first-order valence-electron chi connectivity index (χ1n) is 6.79. The van der Waals surface area contributed by atoms with Gasteiger partial charge in [0.1, 0.15) is 0 Å². The number of thioether (sulfide) groups is 1. The molecule has 2 aromatic rings. The first-order chi connectivity index (χ1) is 10.9. The van der Waals surface area contributed by atoms with Gasteiger partial charge in [0.25, 0.3) is 10.0 Å². The van der Waals surface area contributed by atoms with Crippen LogP contribution in [-0.4, -0.2) is 20.1 Å². The van der Waals surface area contributed by atoms with Crippen LogP contribution in [-0.2, 0) is 14.8 Å². The largest absolute Gasteiger partial charge is 0.325 e. The Kier molecular flexibility index (Phi) is 4.52. The van der Waals surface area contributed by atoms with E-state index in [4.69, 9.17) is 11.6 Å². The number of benzene rings is 2. The summed E-state index contributed by atoms with van der Waals surface area (Å²) in [5.41, 5.74) is 0.900. The zero-order chi connectivity index (χ0) is 16.4. The number of halogens is 1. The van der Waals surface area contributed by atoms with Crippen molar-refractivity contribution in [2.75, 3.05) is 15.8 Å². The number of hydrogen-bond donors (Lipinski definition) is 2. The van der Waals surface area contributed by atoms with Crippen molar-refractivity contribution in [3.05, 3.63) is 47.5 Å². The van der Waals surface area contributed by atoms with Gasteiger partial charge in [0, 0.05) is 22.1 Å². The van der Waals surface area contributed by atoms with Crippen LogP contribution < -0.4 is 10.0 Å².